The maximum absolute atomic E-state index is 14.0. The fourth-order valence-corrected chi connectivity index (χ4v) is 7.81. The summed E-state index contributed by atoms with van der Waals surface area (Å²) in [7, 11) is 0. The number of hydrogen-bond acceptors (Lipinski definition) is 7. The van der Waals surface area contributed by atoms with E-state index in [1.807, 2.05) is 35.2 Å². The maximum Gasteiger partial charge on any atom is 0.253 e. The zero-order valence-electron chi connectivity index (χ0n) is 26.9. The average Bonchev–Trinajstić information content (AvgIpc) is 3.79. The van der Waals surface area contributed by atoms with E-state index in [9.17, 15) is 23.6 Å². The normalized spacial score (nSPS) is 23.9. The van der Waals surface area contributed by atoms with Crippen LogP contribution in [0.3, 0.4) is 0 Å². The van der Waals surface area contributed by atoms with E-state index in [-0.39, 0.29) is 48.6 Å². The average molecular weight is 657 g/mol. The second-order valence-electron chi connectivity index (χ2n) is 13.5. The standard InChI is InChI=1S/C35H41FN8O4/c36-25-10-8-24(9-11-25)33(47)42-19-14-35(15-20-42)22-31(45)37-29(21-26-23-44(40-39-26)28-5-2-1-3-6-28)34(48)41-17-12-27(13-18-41)43-16-4-7-30(43)32(46)38-35/h1-3,5-6,8-11,23,27,29-30H,4,7,12-22H2,(H,37,45)(H,38,46)/t29-,30+/m1/s1. The van der Waals surface area contributed by atoms with Gasteiger partial charge < -0.3 is 20.4 Å². The number of carbonyl (C=O) groups excluding carboxylic acids is 4. The number of carbonyl (C=O) groups is 4. The van der Waals surface area contributed by atoms with Gasteiger partial charge in [0.1, 0.15) is 11.9 Å². The fourth-order valence-electron chi connectivity index (χ4n) is 7.81. The highest BCUT2D eigenvalue weighted by atomic mass is 19.1. The van der Waals surface area contributed by atoms with Crippen molar-refractivity contribution in [2.75, 3.05) is 32.7 Å². The van der Waals surface area contributed by atoms with Gasteiger partial charge in [0.05, 0.1) is 29.2 Å². The van der Waals surface area contributed by atoms with Crippen molar-refractivity contribution in [2.45, 2.75) is 75.0 Å². The topological polar surface area (TPSA) is 133 Å². The number of aromatic nitrogens is 3. The third-order valence-electron chi connectivity index (χ3n) is 10.4. The minimum Gasteiger partial charge on any atom is -0.349 e. The summed E-state index contributed by atoms with van der Waals surface area (Å²) in [6.07, 6.45) is 5.81. The second-order valence-corrected chi connectivity index (χ2v) is 13.5. The van der Waals surface area contributed by atoms with E-state index < -0.39 is 17.4 Å². The van der Waals surface area contributed by atoms with E-state index in [0.717, 1.165) is 37.9 Å². The Balaban J connectivity index is 1.13. The van der Waals surface area contributed by atoms with Crippen LogP contribution in [-0.2, 0) is 20.8 Å². The first-order chi connectivity index (χ1) is 23.3. The van der Waals surface area contributed by atoms with Crippen LogP contribution in [-0.4, -0.2) is 110 Å². The Kier molecular flexibility index (Phi) is 8.95. The Morgan fingerprint density at radius 3 is 2.38 bits per heavy atom. The van der Waals surface area contributed by atoms with Gasteiger partial charge in [0.2, 0.25) is 17.7 Å². The van der Waals surface area contributed by atoms with Gasteiger partial charge in [-0.3, -0.25) is 24.1 Å². The molecule has 1 aromatic heterocycles. The number of amides is 4. The van der Waals surface area contributed by atoms with E-state index in [0.29, 0.717) is 50.3 Å². The van der Waals surface area contributed by atoms with Crippen LogP contribution in [0.2, 0.25) is 0 Å². The summed E-state index contributed by atoms with van der Waals surface area (Å²) in [5.74, 6) is -1.21. The van der Waals surface area contributed by atoms with Crippen molar-refractivity contribution < 1.29 is 23.6 Å². The van der Waals surface area contributed by atoms with Crippen molar-refractivity contribution >= 4 is 23.6 Å². The molecule has 1 spiro atoms. The van der Waals surface area contributed by atoms with Crippen molar-refractivity contribution in [1.82, 2.24) is 40.3 Å². The van der Waals surface area contributed by atoms with Crippen molar-refractivity contribution in [2.24, 2.45) is 0 Å². The number of halogens is 1. The highest BCUT2D eigenvalue weighted by Crippen LogP contribution is 2.31. The van der Waals surface area contributed by atoms with E-state index in [4.69, 9.17) is 0 Å². The largest absolute Gasteiger partial charge is 0.349 e. The van der Waals surface area contributed by atoms with E-state index >= 15 is 0 Å². The summed E-state index contributed by atoms with van der Waals surface area (Å²) in [6.45, 7) is 2.57. The van der Waals surface area contributed by atoms with Gasteiger partial charge in [0.15, 0.2) is 0 Å². The lowest BCUT2D eigenvalue weighted by Crippen LogP contribution is -2.63. The maximum atomic E-state index is 14.0. The molecule has 0 radical (unpaired) electrons. The number of benzene rings is 2. The van der Waals surface area contributed by atoms with E-state index in [1.165, 1.54) is 24.3 Å². The number of nitrogens with zero attached hydrogens (tertiary/aromatic N) is 6. The van der Waals surface area contributed by atoms with Gasteiger partial charge in [-0.1, -0.05) is 23.4 Å². The quantitative estimate of drug-likeness (QED) is 0.440. The number of likely N-dealkylation sites (tertiary alicyclic amines) is 1. The molecule has 0 unspecified atom stereocenters. The summed E-state index contributed by atoms with van der Waals surface area (Å²) in [5.41, 5.74) is 0.894. The molecule has 5 aliphatic heterocycles. The minimum absolute atomic E-state index is 0.0338. The summed E-state index contributed by atoms with van der Waals surface area (Å²) in [5, 5.41) is 14.9. The summed E-state index contributed by atoms with van der Waals surface area (Å²) in [6, 6.07) is 14.1. The molecule has 5 saturated heterocycles. The number of para-hydroxylation sites is 1. The van der Waals surface area contributed by atoms with Crippen molar-refractivity contribution in [3.05, 3.63) is 77.9 Å². The van der Waals surface area contributed by atoms with Crippen LogP contribution in [0.4, 0.5) is 4.39 Å². The molecule has 2 N–H and O–H groups in total. The molecule has 0 aliphatic carbocycles. The van der Waals surface area contributed by atoms with Gasteiger partial charge in [-0.25, -0.2) is 9.07 Å². The van der Waals surface area contributed by atoms with Gasteiger partial charge in [0, 0.05) is 50.6 Å². The molecule has 0 saturated carbocycles. The number of fused-ring (bicyclic) bond motifs is 7. The number of piperidine rings is 2. The molecule has 12 nitrogen and oxygen atoms in total. The number of rotatable bonds is 4. The van der Waals surface area contributed by atoms with Gasteiger partial charge in [-0.2, -0.15) is 0 Å². The molecular weight excluding hydrogens is 615 g/mol. The lowest BCUT2D eigenvalue weighted by Gasteiger charge is -2.45. The van der Waals surface area contributed by atoms with Crippen LogP contribution < -0.4 is 10.6 Å². The van der Waals surface area contributed by atoms with Crippen LogP contribution >= 0.6 is 0 Å². The third kappa shape index (κ3) is 6.69. The van der Waals surface area contributed by atoms with Crippen molar-refractivity contribution in [1.29, 1.82) is 0 Å². The van der Waals surface area contributed by atoms with Crippen molar-refractivity contribution in [3.63, 3.8) is 0 Å². The molecular formula is C35H41FN8O4. The molecule has 2 bridgehead atoms. The molecule has 8 rings (SSSR count). The molecule has 252 valence electrons. The number of hydrogen-bond donors (Lipinski definition) is 2. The van der Waals surface area contributed by atoms with Gasteiger partial charge in [-0.15, -0.1) is 5.10 Å². The molecule has 13 heteroatoms. The Morgan fingerprint density at radius 2 is 1.65 bits per heavy atom. The smallest absolute Gasteiger partial charge is 0.253 e. The zero-order chi connectivity index (χ0) is 33.3. The van der Waals surface area contributed by atoms with E-state index in [2.05, 4.69) is 25.8 Å². The molecule has 6 heterocycles. The van der Waals surface area contributed by atoms with Gasteiger partial charge in [-0.05, 0) is 81.5 Å². The predicted molar refractivity (Wildman–Crippen MR) is 173 cm³/mol. The highest BCUT2D eigenvalue weighted by Gasteiger charge is 2.45. The molecule has 2 aromatic carbocycles. The van der Waals surface area contributed by atoms with Crippen LogP contribution in [0.5, 0.6) is 0 Å². The predicted octanol–water partition coefficient (Wildman–Crippen LogP) is 2.08. The monoisotopic (exact) mass is 656 g/mol. The SMILES string of the molecule is O=C1CC2(CCN(C(=O)c3ccc(F)cc3)CC2)NC(=O)[C@@H]2CCCN2C2CCN(CC2)C(=O)[C@@H](Cc2cn(-c3ccccc3)nn2)N1. The Bertz CT molecular complexity index is 1650. The molecule has 5 aliphatic rings. The first kappa shape index (κ1) is 31.9. The second kappa shape index (κ2) is 13.5. The van der Waals surface area contributed by atoms with Gasteiger partial charge in [0.25, 0.3) is 5.91 Å². The molecule has 2 atom stereocenters. The molecule has 3 aromatic rings. The van der Waals surface area contributed by atoms with Crippen molar-refractivity contribution in [3.8, 4) is 5.69 Å². The van der Waals surface area contributed by atoms with Gasteiger partial charge >= 0.3 is 0 Å². The summed E-state index contributed by atoms with van der Waals surface area (Å²) >= 11 is 0. The Hall–Kier alpha value is -4.65. The highest BCUT2D eigenvalue weighted by molar-refractivity contribution is 5.94. The van der Waals surface area contributed by atoms with Crippen LogP contribution in [0.15, 0.2) is 60.8 Å². The third-order valence-corrected chi connectivity index (χ3v) is 10.4. The minimum atomic E-state index is -0.900. The molecule has 5 fully saturated rings. The molecule has 4 amide bonds. The molecule has 48 heavy (non-hydrogen) atoms. The lowest BCUT2D eigenvalue weighted by molar-refractivity contribution is -0.140. The Morgan fingerprint density at radius 1 is 0.917 bits per heavy atom. The van der Waals surface area contributed by atoms with Crippen LogP contribution in [0.1, 0.15) is 61.0 Å². The summed E-state index contributed by atoms with van der Waals surface area (Å²) in [4.78, 5) is 61.0. The first-order valence-corrected chi connectivity index (χ1v) is 16.9. The first-order valence-electron chi connectivity index (χ1n) is 16.9. The van der Waals surface area contributed by atoms with Crippen LogP contribution in [0, 0.1) is 5.82 Å². The Labute approximate surface area is 278 Å². The summed E-state index contributed by atoms with van der Waals surface area (Å²) < 4.78 is 15.1. The van der Waals surface area contributed by atoms with E-state index in [1.54, 1.807) is 15.8 Å². The van der Waals surface area contributed by atoms with Crippen LogP contribution in [0.25, 0.3) is 5.69 Å². The number of nitrogens with one attached hydrogen (secondary N) is 2. The lowest BCUT2D eigenvalue weighted by atomic mass is 9.83. The zero-order valence-corrected chi connectivity index (χ0v) is 26.9. The fraction of sp³-hybridized carbons (Fsp3) is 0.486.